The number of nitrogens with zero attached hydrogens (tertiary/aromatic N) is 3. The fourth-order valence-electron chi connectivity index (χ4n) is 2.42. The van der Waals surface area contributed by atoms with Crippen LogP contribution in [0.1, 0.15) is 23.3 Å². The van der Waals surface area contributed by atoms with Crippen LogP contribution in [0.3, 0.4) is 0 Å². The summed E-state index contributed by atoms with van der Waals surface area (Å²) in [4.78, 5) is 34.9. The number of rotatable bonds is 3. The number of nitro groups is 1. The summed E-state index contributed by atoms with van der Waals surface area (Å²) < 4.78 is 1.21. The van der Waals surface area contributed by atoms with E-state index in [2.05, 4.69) is 0 Å². The molecule has 0 aliphatic carbocycles. The first-order valence-electron chi connectivity index (χ1n) is 6.24. The van der Waals surface area contributed by atoms with Crippen molar-refractivity contribution in [3.8, 4) is 0 Å². The highest BCUT2D eigenvalue weighted by atomic mass is 16.6. The molecule has 1 atom stereocenters. The van der Waals surface area contributed by atoms with Crippen LogP contribution >= 0.6 is 0 Å². The Morgan fingerprint density at radius 3 is 2.70 bits per heavy atom. The Bertz CT molecular complexity index is 565. The van der Waals surface area contributed by atoms with Gasteiger partial charge in [0.1, 0.15) is 0 Å². The maximum atomic E-state index is 12.3. The van der Waals surface area contributed by atoms with Crippen molar-refractivity contribution in [3.63, 3.8) is 0 Å². The molecule has 0 radical (unpaired) electrons. The fraction of sp³-hybridized carbons (Fsp3) is 0.500. The molecule has 1 aliphatic heterocycles. The number of amides is 1. The average Bonchev–Trinajstić information content (AvgIpc) is 2.80. The zero-order chi connectivity index (χ0) is 14.9. The van der Waals surface area contributed by atoms with Crippen molar-refractivity contribution in [2.45, 2.75) is 12.8 Å². The summed E-state index contributed by atoms with van der Waals surface area (Å²) in [6, 6.07) is 2.66. The zero-order valence-electron chi connectivity index (χ0n) is 11.0. The van der Waals surface area contributed by atoms with E-state index in [-0.39, 0.29) is 24.0 Å². The van der Waals surface area contributed by atoms with Gasteiger partial charge in [-0.15, -0.1) is 0 Å². The Labute approximate surface area is 114 Å². The highest BCUT2D eigenvalue weighted by molar-refractivity contribution is 5.93. The number of aromatic nitrogens is 1. The Morgan fingerprint density at radius 2 is 2.15 bits per heavy atom. The first-order chi connectivity index (χ1) is 9.41. The van der Waals surface area contributed by atoms with Gasteiger partial charge in [0.15, 0.2) is 5.69 Å². The number of carbonyl (C=O) groups is 2. The molecule has 1 unspecified atom stereocenters. The van der Waals surface area contributed by atoms with Crippen molar-refractivity contribution in [2.75, 3.05) is 13.1 Å². The van der Waals surface area contributed by atoms with Gasteiger partial charge < -0.3 is 20.1 Å². The third-order valence-corrected chi connectivity index (χ3v) is 3.56. The van der Waals surface area contributed by atoms with Crippen LogP contribution in [0.4, 0.5) is 5.82 Å². The summed E-state index contributed by atoms with van der Waals surface area (Å²) in [5, 5.41) is 19.8. The lowest BCUT2D eigenvalue weighted by atomic mass is 9.98. The van der Waals surface area contributed by atoms with Crippen LogP contribution < -0.4 is 0 Å². The van der Waals surface area contributed by atoms with E-state index in [4.69, 9.17) is 5.11 Å². The monoisotopic (exact) mass is 281 g/mol. The van der Waals surface area contributed by atoms with Gasteiger partial charge in [-0.1, -0.05) is 0 Å². The molecule has 8 heteroatoms. The topological polar surface area (TPSA) is 106 Å². The molecular formula is C12H15N3O5. The van der Waals surface area contributed by atoms with Gasteiger partial charge in [-0.05, 0) is 23.8 Å². The molecular weight excluding hydrogens is 266 g/mol. The summed E-state index contributed by atoms with van der Waals surface area (Å²) in [5.74, 6) is -2.02. The lowest BCUT2D eigenvalue weighted by Gasteiger charge is -2.30. The first kappa shape index (κ1) is 14.0. The van der Waals surface area contributed by atoms with Crippen LogP contribution in [0.2, 0.25) is 0 Å². The van der Waals surface area contributed by atoms with Crippen LogP contribution in [0.25, 0.3) is 0 Å². The second-order valence-corrected chi connectivity index (χ2v) is 4.82. The minimum Gasteiger partial charge on any atom is -0.481 e. The van der Waals surface area contributed by atoms with Gasteiger partial charge in [-0.25, -0.2) is 4.57 Å². The quantitative estimate of drug-likeness (QED) is 0.653. The van der Waals surface area contributed by atoms with Gasteiger partial charge in [-0.3, -0.25) is 9.59 Å². The van der Waals surface area contributed by atoms with E-state index >= 15 is 0 Å². The molecule has 0 saturated carbocycles. The van der Waals surface area contributed by atoms with Gasteiger partial charge >= 0.3 is 11.8 Å². The number of carboxylic acid groups (broad SMARTS) is 1. The number of hydrogen-bond donors (Lipinski definition) is 1. The zero-order valence-corrected chi connectivity index (χ0v) is 11.0. The SMILES string of the molecule is Cn1c(C(=O)N2CCCC(C(=O)O)C2)ccc1[N+](=O)[O-]. The van der Waals surface area contributed by atoms with E-state index < -0.39 is 16.8 Å². The lowest BCUT2D eigenvalue weighted by Crippen LogP contribution is -2.42. The first-order valence-corrected chi connectivity index (χ1v) is 6.24. The molecule has 1 N–H and O–H groups in total. The summed E-state index contributed by atoms with van der Waals surface area (Å²) in [7, 11) is 1.45. The molecule has 1 fully saturated rings. The van der Waals surface area contributed by atoms with Gasteiger partial charge in [0, 0.05) is 19.2 Å². The number of likely N-dealkylation sites (tertiary alicyclic amines) is 1. The largest absolute Gasteiger partial charge is 0.481 e. The molecule has 8 nitrogen and oxygen atoms in total. The second kappa shape index (κ2) is 5.32. The van der Waals surface area contributed by atoms with Crippen molar-refractivity contribution in [1.82, 2.24) is 9.47 Å². The van der Waals surface area contributed by atoms with E-state index in [1.54, 1.807) is 0 Å². The van der Waals surface area contributed by atoms with Crippen molar-refractivity contribution in [2.24, 2.45) is 13.0 Å². The highest BCUT2D eigenvalue weighted by Gasteiger charge is 2.31. The van der Waals surface area contributed by atoms with E-state index in [1.807, 2.05) is 0 Å². The molecule has 0 bridgehead atoms. The Morgan fingerprint density at radius 1 is 1.45 bits per heavy atom. The fourth-order valence-corrected chi connectivity index (χ4v) is 2.42. The van der Waals surface area contributed by atoms with Gasteiger partial charge in [0.2, 0.25) is 0 Å². The smallest absolute Gasteiger partial charge is 0.323 e. The van der Waals surface area contributed by atoms with E-state index in [0.717, 1.165) is 0 Å². The van der Waals surface area contributed by atoms with E-state index in [1.165, 1.54) is 28.6 Å². The van der Waals surface area contributed by atoms with Crippen LogP contribution in [0.15, 0.2) is 12.1 Å². The summed E-state index contributed by atoms with van der Waals surface area (Å²) in [6.07, 6.45) is 1.17. The third-order valence-electron chi connectivity index (χ3n) is 3.56. The van der Waals surface area contributed by atoms with Gasteiger partial charge in [0.05, 0.1) is 13.0 Å². The van der Waals surface area contributed by atoms with Crippen LogP contribution in [0.5, 0.6) is 0 Å². The van der Waals surface area contributed by atoms with E-state index in [0.29, 0.717) is 19.4 Å². The second-order valence-electron chi connectivity index (χ2n) is 4.82. The Kier molecular flexibility index (Phi) is 3.73. The molecule has 2 heterocycles. The predicted molar refractivity (Wildman–Crippen MR) is 68.3 cm³/mol. The molecule has 0 spiro atoms. The molecule has 108 valence electrons. The molecule has 1 amide bonds. The predicted octanol–water partition coefficient (Wildman–Crippen LogP) is 0.870. The lowest BCUT2D eigenvalue weighted by molar-refractivity contribution is -0.391. The number of carbonyl (C=O) groups excluding carboxylic acids is 1. The highest BCUT2D eigenvalue weighted by Crippen LogP contribution is 2.21. The number of hydrogen-bond acceptors (Lipinski definition) is 4. The van der Waals surface area contributed by atoms with Crippen LogP contribution in [0, 0.1) is 16.0 Å². The van der Waals surface area contributed by atoms with Crippen molar-refractivity contribution < 1.29 is 19.6 Å². The minimum atomic E-state index is -0.916. The number of carboxylic acids is 1. The van der Waals surface area contributed by atoms with Crippen molar-refractivity contribution >= 4 is 17.7 Å². The molecule has 0 aromatic carbocycles. The third kappa shape index (κ3) is 2.49. The Hall–Kier alpha value is -2.38. The maximum absolute atomic E-state index is 12.3. The number of aliphatic carboxylic acids is 1. The normalized spacial score (nSPS) is 18.9. The van der Waals surface area contributed by atoms with Crippen LogP contribution in [-0.4, -0.2) is 44.5 Å². The molecule has 2 rings (SSSR count). The maximum Gasteiger partial charge on any atom is 0.323 e. The summed E-state index contributed by atoms with van der Waals surface area (Å²) in [6.45, 7) is 0.620. The molecule has 1 saturated heterocycles. The standard InChI is InChI=1S/C12H15N3O5/c1-13-9(4-5-10(13)15(19)20)11(16)14-6-2-3-8(7-14)12(17)18/h4-5,8H,2-3,6-7H2,1H3,(H,17,18). The summed E-state index contributed by atoms with van der Waals surface area (Å²) in [5.41, 5.74) is 0.197. The average molecular weight is 281 g/mol. The molecule has 20 heavy (non-hydrogen) atoms. The van der Waals surface area contributed by atoms with Crippen molar-refractivity contribution in [1.29, 1.82) is 0 Å². The van der Waals surface area contributed by atoms with E-state index in [9.17, 15) is 19.7 Å². The minimum absolute atomic E-state index is 0.146. The Balaban J connectivity index is 2.19. The van der Waals surface area contributed by atoms with Crippen molar-refractivity contribution in [3.05, 3.63) is 27.9 Å². The summed E-state index contributed by atoms with van der Waals surface area (Å²) >= 11 is 0. The molecule has 1 aromatic rings. The molecule has 1 aliphatic rings. The molecule has 1 aromatic heterocycles. The van der Waals surface area contributed by atoms with Gasteiger partial charge in [-0.2, -0.15) is 0 Å². The van der Waals surface area contributed by atoms with Gasteiger partial charge in [0.25, 0.3) is 5.91 Å². The number of piperidine rings is 1. The van der Waals surface area contributed by atoms with Crippen LogP contribution in [-0.2, 0) is 11.8 Å².